The van der Waals surface area contributed by atoms with Gasteiger partial charge in [-0.15, -0.1) is 0 Å². The maximum absolute atomic E-state index is 12.8. The van der Waals surface area contributed by atoms with Crippen molar-refractivity contribution in [3.05, 3.63) is 64.1 Å². The molecule has 5 nitrogen and oxygen atoms in total. The molecule has 170 valence electrons. The maximum Gasteiger partial charge on any atom is 0.293 e. The molecule has 1 aliphatic rings. The van der Waals surface area contributed by atoms with E-state index in [2.05, 4.69) is 32.9 Å². The Labute approximate surface area is 194 Å². The summed E-state index contributed by atoms with van der Waals surface area (Å²) in [6, 6.07) is 13.7. The van der Waals surface area contributed by atoms with E-state index in [0.717, 1.165) is 52.8 Å². The Kier molecular flexibility index (Phi) is 8.39. The summed E-state index contributed by atoms with van der Waals surface area (Å²) in [7, 11) is 0. The molecule has 2 aromatic carbocycles. The largest absolute Gasteiger partial charge is 0.494 e. The molecule has 2 aromatic rings. The number of rotatable bonds is 10. The van der Waals surface area contributed by atoms with Gasteiger partial charge in [0.05, 0.1) is 18.1 Å². The number of ether oxygens (including phenoxy) is 2. The first-order chi connectivity index (χ1) is 15.4. The van der Waals surface area contributed by atoms with Crippen LogP contribution in [0.5, 0.6) is 11.5 Å². The van der Waals surface area contributed by atoms with Gasteiger partial charge in [-0.1, -0.05) is 51.5 Å². The van der Waals surface area contributed by atoms with E-state index in [1.54, 1.807) is 6.08 Å². The van der Waals surface area contributed by atoms with E-state index < -0.39 is 0 Å². The van der Waals surface area contributed by atoms with Gasteiger partial charge in [-0.3, -0.25) is 14.5 Å². The number of carbonyl (C=O) groups excluding carboxylic acids is 2. The van der Waals surface area contributed by atoms with E-state index in [1.165, 1.54) is 4.90 Å². The minimum absolute atomic E-state index is 0.220. The zero-order valence-electron chi connectivity index (χ0n) is 19.2. The van der Waals surface area contributed by atoms with E-state index in [0.29, 0.717) is 17.4 Å². The van der Waals surface area contributed by atoms with Gasteiger partial charge in [0.2, 0.25) is 0 Å². The van der Waals surface area contributed by atoms with Crippen LogP contribution in [0.15, 0.2) is 47.4 Å². The molecule has 0 unspecified atom stereocenters. The number of benzene rings is 2. The molecule has 1 fully saturated rings. The topological polar surface area (TPSA) is 55.8 Å². The molecule has 1 heterocycles. The Balaban J connectivity index is 1.60. The SMILES string of the molecule is CCCCOc1ccc(/C=C2\SC(=O)N(CCOc3cc(C)ccc3C(C)C)C2=O)cc1. The van der Waals surface area contributed by atoms with E-state index in [-0.39, 0.29) is 24.3 Å². The zero-order chi connectivity index (χ0) is 23.1. The van der Waals surface area contributed by atoms with E-state index in [9.17, 15) is 9.59 Å². The van der Waals surface area contributed by atoms with Crippen molar-refractivity contribution >= 4 is 29.0 Å². The highest BCUT2D eigenvalue weighted by Crippen LogP contribution is 2.33. The van der Waals surface area contributed by atoms with Crippen LogP contribution in [0, 0.1) is 6.92 Å². The average molecular weight is 454 g/mol. The molecule has 1 aliphatic heterocycles. The van der Waals surface area contributed by atoms with Crippen molar-refractivity contribution in [3.8, 4) is 11.5 Å². The number of unbranched alkanes of at least 4 members (excludes halogenated alkanes) is 1. The standard InChI is InChI=1S/C26H31NO4S/c1-5-6-14-30-21-10-8-20(9-11-21)17-24-25(28)27(26(29)32-24)13-15-31-23-16-19(4)7-12-22(23)18(2)3/h7-12,16-18H,5-6,13-15H2,1-4H3/b24-17-. The van der Waals surface area contributed by atoms with E-state index in [1.807, 2.05) is 37.3 Å². The molecule has 3 rings (SSSR count). The van der Waals surface area contributed by atoms with Crippen LogP contribution in [0.25, 0.3) is 6.08 Å². The lowest BCUT2D eigenvalue weighted by Gasteiger charge is -2.17. The fourth-order valence-corrected chi connectivity index (χ4v) is 4.19. The fourth-order valence-electron chi connectivity index (χ4n) is 3.33. The van der Waals surface area contributed by atoms with Gasteiger partial charge in [-0.2, -0.15) is 0 Å². The number of hydrogen-bond donors (Lipinski definition) is 0. The highest BCUT2D eigenvalue weighted by molar-refractivity contribution is 8.18. The minimum Gasteiger partial charge on any atom is -0.494 e. The molecule has 0 radical (unpaired) electrons. The van der Waals surface area contributed by atoms with Crippen LogP contribution in [0.1, 0.15) is 56.2 Å². The summed E-state index contributed by atoms with van der Waals surface area (Å²) < 4.78 is 11.6. The number of aryl methyl sites for hydroxylation is 1. The average Bonchev–Trinajstić information content (AvgIpc) is 3.02. The van der Waals surface area contributed by atoms with Gasteiger partial charge in [-0.05, 0) is 72.0 Å². The molecule has 0 atom stereocenters. The Bertz CT molecular complexity index is 982. The smallest absolute Gasteiger partial charge is 0.293 e. The molecule has 0 bridgehead atoms. The predicted molar refractivity (Wildman–Crippen MR) is 130 cm³/mol. The second-order valence-corrected chi connectivity index (χ2v) is 9.14. The summed E-state index contributed by atoms with van der Waals surface area (Å²) >= 11 is 0.966. The number of nitrogens with zero attached hydrogens (tertiary/aromatic N) is 1. The lowest BCUT2D eigenvalue weighted by atomic mass is 10.0. The van der Waals surface area contributed by atoms with Crippen LogP contribution in [-0.2, 0) is 4.79 Å². The molecule has 0 N–H and O–H groups in total. The monoisotopic (exact) mass is 453 g/mol. The van der Waals surface area contributed by atoms with Crippen LogP contribution in [0.2, 0.25) is 0 Å². The number of imide groups is 1. The van der Waals surface area contributed by atoms with E-state index >= 15 is 0 Å². The van der Waals surface area contributed by atoms with Crippen molar-refractivity contribution in [2.45, 2.75) is 46.5 Å². The third-order valence-corrected chi connectivity index (χ3v) is 6.09. The molecule has 0 aliphatic carbocycles. The van der Waals surface area contributed by atoms with Crippen LogP contribution in [0.3, 0.4) is 0 Å². The lowest BCUT2D eigenvalue weighted by Crippen LogP contribution is -2.32. The molecule has 0 aromatic heterocycles. The predicted octanol–water partition coefficient (Wildman–Crippen LogP) is 6.41. The summed E-state index contributed by atoms with van der Waals surface area (Å²) in [5.41, 5.74) is 3.09. The third kappa shape index (κ3) is 6.16. The summed E-state index contributed by atoms with van der Waals surface area (Å²) in [5.74, 6) is 1.66. The van der Waals surface area contributed by atoms with Gasteiger partial charge in [0.1, 0.15) is 18.1 Å². The lowest BCUT2D eigenvalue weighted by molar-refractivity contribution is -0.123. The van der Waals surface area contributed by atoms with Crippen molar-refractivity contribution in [1.29, 1.82) is 0 Å². The van der Waals surface area contributed by atoms with Gasteiger partial charge >= 0.3 is 0 Å². The summed E-state index contributed by atoms with van der Waals surface area (Å²) in [5, 5.41) is -0.266. The van der Waals surface area contributed by atoms with Crippen molar-refractivity contribution in [2.24, 2.45) is 0 Å². The Morgan fingerprint density at radius 3 is 2.47 bits per heavy atom. The number of thioether (sulfide) groups is 1. The van der Waals surface area contributed by atoms with Crippen LogP contribution >= 0.6 is 11.8 Å². The molecule has 2 amide bonds. The van der Waals surface area contributed by atoms with Crippen molar-refractivity contribution in [2.75, 3.05) is 19.8 Å². The maximum atomic E-state index is 12.8. The molecule has 1 saturated heterocycles. The van der Waals surface area contributed by atoms with Crippen molar-refractivity contribution < 1.29 is 19.1 Å². The quantitative estimate of drug-likeness (QED) is 0.307. The van der Waals surface area contributed by atoms with Gasteiger partial charge in [0.15, 0.2) is 0 Å². The zero-order valence-corrected chi connectivity index (χ0v) is 20.0. The molecular weight excluding hydrogens is 422 g/mol. The van der Waals surface area contributed by atoms with Gasteiger partial charge < -0.3 is 9.47 Å². The summed E-state index contributed by atoms with van der Waals surface area (Å²) in [6.07, 6.45) is 3.85. The highest BCUT2D eigenvalue weighted by Gasteiger charge is 2.34. The second kappa shape index (κ2) is 11.2. The van der Waals surface area contributed by atoms with Gasteiger partial charge in [-0.25, -0.2) is 0 Å². The molecule has 32 heavy (non-hydrogen) atoms. The number of amides is 2. The van der Waals surface area contributed by atoms with Gasteiger partial charge in [0.25, 0.3) is 11.1 Å². The second-order valence-electron chi connectivity index (χ2n) is 8.15. The molecular formula is C26H31NO4S. The van der Waals surface area contributed by atoms with Gasteiger partial charge in [0, 0.05) is 0 Å². The fraction of sp³-hybridized carbons (Fsp3) is 0.385. The Hall–Kier alpha value is -2.73. The Morgan fingerprint density at radius 2 is 1.78 bits per heavy atom. The number of carbonyl (C=O) groups is 2. The normalized spacial score (nSPS) is 15.2. The van der Waals surface area contributed by atoms with Crippen LogP contribution < -0.4 is 9.47 Å². The first-order valence-electron chi connectivity index (χ1n) is 11.1. The molecule has 0 saturated carbocycles. The van der Waals surface area contributed by atoms with Crippen molar-refractivity contribution in [3.63, 3.8) is 0 Å². The number of hydrogen-bond acceptors (Lipinski definition) is 5. The van der Waals surface area contributed by atoms with Crippen LogP contribution in [-0.4, -0.2) is 35.8 Å². The first kappa shape index (κ1) is 23.9. The summed E-state index contributed by atoms with van der Waals surface area (Å²) in [6.45, 7) is 9.54. The Morgan fingerprint density at radius 1 is 1.03 bits per heavy atom. The van der Waals surface area contributed by atoms with Crippen molar-refractivity contribution in [1.82, 2.24) is 4.90 Å². The molecule has 0 spiro atoms. The highest BCUT2D eigenvalue weighted by atomic mass is 32.2. The van der Waals surface area contributed by atoms with Crippen LogP contribution in [0.4, 0.5) is 4.79 Å². The minimum atomic E-state index is -0.278. The third-order valence-electron chi connectivity index (χ3n) is 5.18. The summed E-state index contributed by atoms with van der Waals surface area (Å²) in [4.78, 5) is 26.9. The first-order valence-corrected chi connectivity index (χ1v) is 11.9. The molecule has 6 heteroatoms. The van der Waals surface area contributed by atoms with E-state index in [4.69, 9.17) is 9.47 Å².